The van der Waals surface area contributed by atoms with Crippen molar-refractivity contribution in [3.63, 3.8) is 0 Å². The van der Waals surface area contributed by atoms with Crippen molar-refractivity contribution in [2.45, 2.75) is 39.5 Å². The second kappa shape index (κ2) is 6.98. The SMILES string of the molecule is CCCCCc1cccc(Oc2ccc(C)cc2)c1. The number of unbranched alkanes of at least 4 members (excludes halogenated alkanes) is 2. The zero-order chi connectivity index (χ0) is 13.5. The van der Waals surface area contributed by atoms with E-state index in [1.807, 2.05) is 18.2 Å². The Morgan fingerprint density at radius 2 is 1.68 bits per heavy atom. The minimum atomic E-state index is 0.899. The fourth-order valence-corrected chi connectivity index (χ4v) is 2.09. The molecule has 0 aliphatic carbocycles. The monoisotopic (exact) mass is 254 g/mol. The summed E-state index contributed by atoms with van der Waals surface area (Å²) in [6.07, 6.45) is 4.95. The molecule has 0 aliphatic heterocycles. The Kier molecular flexibility index (Phi) is 5.02. The highest BCUT2D eigenvalue weighted by Gasteiger charge is 1.99. The molecule has 0 saturated carbocycles. The molecule has 0 amide bonds. The summed E-state index contributed by atoms with van der Waals surface area (Å²) in [4.78, 5) is 0. The van der Waals surface area contributed by atoms with E-state index < -0.39 is 0 Å². The van der Waals surface area contributed by atoms with Crippen LogP contribution in [0.25, 0.3) is 0 Å². The largest absolute Gasteiger partial charge is 0.457 e. The second-order valence-electron chi connectivity index (χ2n) is 5.02. The molecule has 19 heavy (non-hydrogen) atoms. The Morgan fingerprint density at radius 3 is 2.42 bits per heavy atom. The van der Waals surface area contributed by atoms with Gasteiger partial charge in [0.25, 0.3) is 0 Å². The van der Waals surface area contributed by atoms with Crippen LogP contribution in [0.4, 0.5) is 0 Å². The molecule has 0 atom stereocenters. The summed E-state index contributed by atoms with van der Waals surface area (Å²) in [5.41, 5.74) is 2.61. The molecule has 0 N–H and O–H groups in total. The topological polar surface area (TPSA) is 9.23 Å². The van der Waals surface area contributed by atoms with Gasteiger partial charge < -0.3 is 4.74 Å². The van der Waals surface area contributed by atoms with Crippen molar-refractivity contribution in [3.05, 3.63) is 59.7 Å². The molecule has 0 aromatic heterocycles. The molecule has 2 aromatic carbocycles. The summed E-state index contributed by atoms with van der Waals surface area (Å²) >= 11 is 0. The first kappa shape index (κ1) is 13.7. The van der Waals surface area contributed by atoms with Crippen molar-refractivity contribution < 1.29 is 4.74 Å². The highest BCUT2D eigenvalue weighted by Crippen LogP contribution is 2.23. The average Bonchev–Trinajstić information content (AvgIpc) is 2.42. The minimum Gasteiger partial charge on any atom is -0.457 e. The van der Waals surface area contributed by atoms with Crippen LogP contribution in [-0.2, 0) is 6.42 Å². The lowest BCUT2D eigenvalue weighted by molar-refractivity contribution is 0.481. The Hall–Kier alpha value is -1.76. The Labute approximate surface area is 116 Å². The fraction of sp³-hybridized carbons (Fsp3) is 0.333. The summed E-state index contributed by atoms with van der Waals surface area (Å²) in [5.74, 6) is 1.83. The lowest BCUT2D eigenvalue weighted by Gasteiger charge is -2.08. The van der Waals surface area contributed by atoms with Crippen LogP contribution in [-0.4, -0.2) is 0 Å². The molecular formula is C18H22O. The van der Waals surface area contributed by atoms with Gasteiger partial charge in [0, 0.05) is 0 Å². The molecule has 0 aliphatic rings. The van der Waals surface area contributed by atoms with E-state index in [0.717, 1.165) is 17.9 Å². The molecule has 0 fully saturated rings. The van der Waals surface area contributed by atoms with Gasteiger partial charge in [-0.05, 0) is 49.6 Å². The number of rotatable bonds is 6. The highest BCUT2D eigenvalue weighted by molar-refractivity contribution is 5.35. The third kappa shape index (κ3) is 4.44. The molecule has 2 rings (SSSR count). The Balaban J connectivity index is 2.00. The van der Waals surface area contributed by atoms with Crippen LogP contribution >= 0.6 is 0 Å². The van der Waals surface area contributed by atoms with Crippen LogP contribution in [0.5, 0.6) is 11.5 Å². The predicted octanol–water partition coefficient (Wildman–Crippen LogP) is 5.52. The van der Waals surface area contributed by atoms with Gasteiger partial charge in [0.05, 0.1) is 0 Å². The van der Waals surface area contributed by atoms with Gasteiger partial charge in [0.1, 0.15) is 11.5 Å². The van der Waals surface area contributed by atoms with Gasteiger partial charge in [-0.25, -0.2) is 0 Å². The molecule has 0 saturated heterocycles. The zero-order valence-electron chi connectivity index (χ0n) is 11.9. The van der Waals surface area contributed by atoms with Gasteiger partial charge in [-0.1, -0.05) is 49.6 Å². The van der Waals surface area contributed by atoms with Crippen LogP contribution in [0, 0.1) is 6.92 Å². The van der Waals surface area contributed by atoms with Crippen molar-refractivity contribution in [2.75, 3.05) is 0 Å². The van der Waals surface area contributed by atoms with E-state index in [1.54, 1.807) is 0 Å². The fourth-order valence-electron chi connectivity index (χ4n) is 2.09. The molecule has 0 bridgehead atoms. The summed E-state index contributed by atoms with van der Waals surface area (Å²) in [5, 5.41) is 0. The van der Waals surface area contributed by atoms with Gasteiger partial charge in [-0.2, -0.15) is 0 Å². The minimum absolute atomic E-state index is 0.899. The highest BCUT2D eigenvalue weighted by atomic mass is 16.5. The Bertz CT molecular complexity index is 499. The molecule has 100 valence electrons. The van der Waals surface area contributed by atoms with Crippen LogP contribution < -0.4 is 4.74 Å². The average molecular weight is 254 g/mol. The van der Waals surface area contributed by atoms with E-state index in [9.17, 15) is 0 Å². The van der Waals surface area contributed by atoms with E-state index in [0.29, 0.717) is 0 Å². The quantitative estimate of drug-likeness (QED) is 0.617. The van der Waals surface area contributed by atoms with E-state index in [-0.39, 0.29) is 0 Å². The van der Waals surface area contributed by atoms with Gasteiger partial charge in [0.2, 0.25) is 0 Å². The van der Waals surface area contributed by atoms with E-state index in [2.05, 4.69) is 44.2 Å². The third-order valence-electron chi connectivity index (χ3n) is 3.22. The standard InChI is InChI=1S/C18H22O/c1-3-4-5-7-16-8-6-9-18(14-16)19-17-12-10-15(2)11-13-17/h6,8-14H,3-5,7H2,1-2H3. The van der Waals surface area contributed by atoms with Crippen LogP contribution in [0.2, 0.25) is 0 Å². The second-order valence-corrected chi connectivity index (χ2v) is 5.02. The maximum absolute atomic E-state index is 5.88. The number of hydrogen-bond acceptors (Lipinski definition) is 1. The van der Waals surface area contributed by atoms with Gasteiger partial charge in [-0.3, -0.25) is 0 Å². The van der Waals surface area contributed by atoms with Crippen molar-refractivity contribution in [1.29, 1.82) is 0 Å². The number of benzene rings is 2. The van der Waals surface area contributed by atoms with Crippen molar-refractivity contribution in [1.82, 2.24) is 0 Å². The molecular weight excluding hydrogens is 232 g/mol. The molecule has 0 spiro atoms. The zero-order valence-corrected chi connectivity index (χ0v) is 11.9. The number of ether oxygens (including phenoxy) is 1. The van der Waals surface area contributed by atoms with E-state index in [1.165, 1.54) is 30.4 Å². The van der Waals surface area contributed by atoms with Gasteiger partial charge in [0.15, 0.2) is 0 Å². The Morgan fingerprint density at radius 1 is 0.895 bits per heavy atom. The first-order valence-electron chi connectivity index (χ1n) is 7.11. The van der Waals surface area contributed by atoms with E-state index in [4.69, 9.17) is 4.74 Å². The molecule has 1 heteroatoms. The molecule has 0 heterocycles. The molecule has 1 nitrogen and oxygen atoms in total. The van der Waals surface area contributed by atoms with Gasteiger partial charge in [-0.15, -0.1) is 0 Å². The first-order valence-corrected chi connectivity index (χ1v) is 7.11. The molecule has 0 unspecified atom stereocenters. The maximum Gasteiger partial charge on any atom is 0.127 e. The summed E-state index contributed by atoms with van der Waals surface area (Å²) in [6, 6.07) is 16.6. The molecule has 2 aromatic rings. The van der Waals surface area contributed by atoms with Crippen LogP contribution in [0.1, 0.15) is 37.3 Å². The summed E-state index contributed by atoms with van der Waals surface area (Å²) in [6.45, 7) is 4.31. The van der Waals surface area contributed by atoms with Gasteiger partial charge >= 0.3 is 0 Å². The normalized spacial score (nSPS) is 10.4. The van der Waals surface area contributed by atoms with Crippen molar-refractivity contribution in [3.8, 4) is 11.5 Å². The smallest absolute Gasteiger partial charge is 0.127 e. The number of aryl methyl sites for hydroxylation is 2. The maximum atomic E-state index is 5.88. The van der Waals surface area contributed by atoms with Crippen molar-refractivity contribution in [2.24, 2.45) is 0 Å². The van der Waals surface area contributed by atoms with Crippen molar-refractivity contribution >= 4 is 0 Å². The summed E-state index contributed by atoms with van der Waals surface area (Å²) < 4.78 is 5.88. The van der Waals surface area contributed by atoms with E-state index >= 15 is 0 Å². The third-order valence-corrected chi connectivity index (χ3v) is 3.22. The van der Waals surface area contributed by atoms with Crippen LogP contribution in [0.15, 0.2) is 48.5 Å². The predicted molar refractivity (Wildman–Crippen MR) is 80.9 cm³/mol. The first-order chi connectivity index (χ1) is 9.28. The lowest BCUT2D eigenvalue weighted by Crippen LogP contribution is -1.88. The van der Waals surface area contributed by atoms with Crippen LogP contribution in [0.3, 0.4) is 0 Å². The lowest BCUT2D eigenvalue weighted by atomic mass is 10.1. The number of hydrogen-bond donors (Lipinski definition) is 0. The molecule has 0 radical (unpaired) electrons. The summed E-state index contributed by atoms with van der Waals surface area (Å²) in [7, 11) is 0.